The Morgan fingerprint density at radius 2 is 1.25 bits per heavy atom. The van der Waals surface area contributed by atoms with Gasteiger partial charge in [0.25, 0.3) is 0 Å². The first-order chi connectivity index (χ1) is 9.27. The third-order valence-electron chi connectivity index (χ3n) is 3.95. The molecule has 1 nitrogen and oxygen atoms in total. The molecule has 0 unspecified atom stereocenters. The van der Waals surface area contributed by atoms with E-state index < -0.39 is 7.25 Å². The minimum Gasteiger partial charge on any atom is -0.418 e. The van der Waals surface area contributed by atoms with Gasteiger partial charge in [0.05, 0.1) is 26.7 Å². The molecule has 20 heavy (non-hydrogen) atoms. The van der Waals surface area contributed by atoms with Crippen molar-refractivity contribution >= 4 is 7.25 Å². The summed E-state index contributed by atoms with van der Waals surface area (Å²) in [5, 5.41) is 0. The number of quaternary nitrogens is 1. The van der Waals surface area contributed by atoms with Gasteiger partial charge in [-0.05, 0) is 32.1 Å². The molecule has 0 aromatic rings. The number of unbranched alkanes of at least 4 members (excludes halogenated alkanes) is 5. The molecule has 0 aromatic carbocycles. The van der Waals surface area contributed by atoms with Gasteiger partial charge < -0.3 is 21.7 Å². The highest BCUT2D eigenvalue weighted by Crippen LogP contribution is 2.17. The molecule has 0 radical (unpaired) electrons. The van der Waals surface area contributed by atoms with Crippen LogP contribution >= 0.6 is 0 Å². The molecule has 0 spiro atoms. The lowest BCUT2D eigenvalue weighted by molar-refractivity contribution is -0.914. The Bertz CT molecular complexity index is 222. The smallest absolute Gasteiger partial charge is 0.418 e. The van der Waals surface area contributed by atoms with Gasteiger partial charge in [0.15, 0.2) is 0 Å². The van der Waals surface area contributed by atoms with Gasteiger partial charge in [0.2, 0.25) is 0 Å². The molecule has 1 aliphatic rings. The highest BCUT2D eigenvalue weighted by atomic mass is 19.5. The SMILES string of the molecule is CCCCCCCC[N+]1(C)CCCCC1.F[B-](F)(F)F. The Morgan fingerprint density at radius 1 is 0.800 bits per heavy atom. The minimum absolute atomic E-state index is 1.37. The number of hydrogen-bond acceptors (Lipinski definition) is 0. The van der Waals surface area contributed by atoms with Crippen LogP contribution in [0.3, 0.4) is 0 Å². The molecule has 122 valence electrons. The largest absolute Gasteiger partial charge is 0.673 e. The third kappa shape index (κ3) is 14.2. The molecule has 0 saturated carbocycles. The molecule has 0 atom stereocenters. The van der Waals surface area contributed by atoms with Crippen LogP contribution in [0.4, 0.5) is 17.3 Å². The van der Waals surface area contributed by atoms with Crippen molar-refractivity contribution in [2.45, 2.75) is 64.7 Å². The standard InChI is InChI=1S/C14H30N.BF4/c1-3-4-5-6-7-9-12-15(2)13-10-8-11-14-15;2-1(3,4)5/h3-14H2,1-2H3;/q+1;-1. The fraction of sp³-hybridized carbons (Fsp3) is 1.00. The van der Waals surface area contributed by atoms with Gasteiger partial charge in [-0.25, -0.2) is 0 Å². The summed E-state index contributed by atoms with van der Waals surface area (Å²) in [6.07, 6.45) is 13.1. The van der Waals surface area contributed by atoms with Crippen LogP contribution in [0.5, 0.6) is 0 Å². The number of rotatable bonds is 7. The van der Waals surface area contributed by atoms with Crippen LogP contribution in [0.1, 0.15) is 64.7 Å². The van der Waals surface area contributed by atoms with Gasteiger partial charge in [-0.3, -0.25) is 0 Å². The lowest BCUT2D eigenvalue weighted by Crippen LogP contribution is -2.48. The highest BCUT2D eigenvalue weighted by Gasteiger charge is 2.23. The summed E-state index contributed by atoms with van der Waals surface area (Å²) in [6, 6.07) is 0. The molecule has 1 rings (SSSR count). The van der Waals surface area contributed by atoms with E-state index in [4.69, 9.17) is 0 Å². The molecule has 0 amide bonds. The molecule has 0 aromatic heterocycles. The van der Waals surface area contributed by atoms with Crippen LogP contribution < -0.4 is 0 Å². The van der Waals surface area contributed by atoms with Crippen molar-refractivity contribution < 1.29 is 21.7 Å². The fourth-order valence-electron chi connectivity index (χ4n) is 2.77. The van der Waals surface area contributed by atoms with Gasteiger partial charge >= 0.3 is 7.25 Å². The molecule has 0 N–H and O–H groups in total. The van der Waals surface area contributed by atoms with Gasteiger partial charge in [-0.1, -0.05) is 32.6 Å². The first-order valence-corrected chi connectivity index (χ1v) is 7.98. The average molecular weight is 299 g/mol. The van der Waals surface area contributed by atoms with E-state index in [9.17, 15) is 17.3 Å². The van der Waals surface area contributed by atoms with Crippen LogP contribution in [0.25, 0.3) is 0 Å². The van der Waals surface area contributed by atoms with Crippen LogP contribution in [0.15, 0.2) is 0 Å². The van der Waals surface area contributed by atoms with E-state index in [1.54, 1.807) is 0 Å². The lowest BCUT2D eigenvalue weighted by Gasteiger charge is -2.37. The van der Waals surface area contributed by atoms with Crippen molar-refractivity contribution in [3.05, 3.63) is 0 Å². The summed E-state index contributed by atoms with van der Waals surface area (Å²) in [7, 11) is -3.54. The van der Waals surface area contributed by atoms with E-state index in [2.05, 4.69) is 14.0 Å². The van der Waals surface area contributed by atoms with Crippen LogP contribution in [0.2, 0.25) is 0 Å². The van der Waals surface area contributed by atoms with E-state index in [1.165, 1.54) is 81.9 Å². The number of halogens is 4. The maximum Gasteiger partial charge on any atom is 0.673 e. The van der Waals surface area contributed by atoms with E-state index in [1.807, 2.05) is 0 Å². The summed E-state index contributed by atoms with van der Waals surface area (Å²) in [4.78, 5) is 0. The topological polar surface area (TPSA) is 0 Å². The van der Waals surface area contributed by atoms with E-state index in [0.29, 0.717) is 0 Å². The first kappa shape index (κ1) is 19.7. The zero-order valence-corrected chi connectivity index (χ0v) is 13.0. The summed E-state index contributed by atoms with van der Waals surface area (Å²) < 4.78 is 40.4. The van der Waals surface area contributed by atoms with E-state index >= 15 is 0 Å². The van der Waals surface area contributed by atoms with Crippen LogP contribution in [-0.4, -0.2) is 38.4 Å². The molecule has 1 heterocycles. The number of hydrogen-bond donors (Lipinski definition) is 0. The molecule has 1 fully saturated rings. The predicted octanol–water partition coefficient (Wildman–Crippen LogP) is 5.28. The average Bonchev–Trinajstić information content (AvgIpc) is 2.32. The maximum atomic E-state index is 9.75. The number of piperidine rings is 1. The monoisotopic (exact) mass is 299 g/mol. The number of likely N-dealkylation sites (tertiary alicyclic amines) is 1. The second kappa shape index (κ2) is 10.5. The molecule has 0 bridgehead atoms. The molecular formula is C14H30BF4N. The van der Waals surface area contributed by atoms with Crippen molar-refractivity contribution in [2.75, 3.05) is 26.7 Å². The van der Waals surface area contributed by atoms with E-state index in [-0.39, 0.29) is 0 Å². The lowest BCUT2D eigenvalue weighted by atomic mass is 10.1. The van der Waals surface area contributed by atoms with Gasteiger partial charge in [-0.2, -0.15) is 0 Å². The summed E-state index contributed by atoms with van der Waals surface area (Å²) >= 11 is 0. The van der Waals surface area contributed by atoms with E-state index in [0.717, 1.165) is 0 Å². The molecule has 1 aliphatic heterocycles. The van der Waals surface area contributed by atoms with Crippen LogP contribution in [0, 0.1) is 0 Å². The van der Waals surface area contributed by atoms with Crippen molar-refractivity contribution in [2.24, 2.45) is 0 Å². The predicted molar refractivity (Wildman–Crippen MR) is 78.2 cm³/mol. The van der Waals surface area contributed by atoms with Gasteiger partial charge in [0.1, 0.15) is 0 Å². The minimum atomic E-state index is -6.00. The van der Waals surface area contributed by atoms with Crippen molar-refractivity contribution in [3.8, 4) is 0 Å². The Balaban J connectivity index is 0.000000621. The summed E-state index contributed by atoms with van der Waals surface area (Å²) in [5.41, 5.74) is 0. The van der Waals surface area contributed by atoms with Crippen molar-refractivity contribution in [3.63, 3.8) is 0 Å². The zero-order valence-electron chi connectivity index (χ0n) is 13.0. The van der Waals surface area contributed by atoms with Crippen molar-refractivity contribution in [1.29, 1.82) is 0 Å². The molecule has 0 aliphatic carbocycles. The first-order valence-electron chi connectivity index (χ1n) is 7.98. The maximum absolute atomic E-state index is 9.75. The quantitative estimate of drug-likeness (QED) is 0.260. The third-order valence-corrected chi connectivity index (χ3v) is 3.95. The molecular weight excluding hydrogens is 269 g/mol. The Labute approximate surface area is 121 Å². The zero-order chi connectivity index (χ0) is 15.5. The fourth-order valence-corrected chi connectivity index (χ4v) is 2.77. The van der Waals surface area contributed by atoms with Crippen LogP contribution in [-0.2, 0) is 0 Å². The second-order valence-corrected chi connectivity index (χ2v) is 6.11. The highest BCUT2D eigenvalue weighted by molar-refractivity contribution is 6.50. The normalized spacial score (nSPS) is 18.3. The number of nitrogens with zero attached hydrogens (tertiary/aromatic N) is 1. The molecule has 1 saturated heterocycles. The Hall–Kier alpha value is -0.255. The second-order valence-electron chi connectivity index (χ2n) is 6.11. The summed E-state index contributed by atoms with van der Waals surface area (Å²) in [6.45, 7) is 6.61. The Kier molecular flexibility index (Phi) is 10.3. The van der Waals surface area contributed by atoms with Gasteiger partial charge in [-0.15, -0.1) is 0 Å². The summed E-state index contributed by atoms with van der Waals surface area (Å²) in [5.74, 6) is 0. The van der Waals surface area contributed by atoms with Crippen molar-refractivity contribution in [1.82, 2.24) is 0 Å². The Morgan fingerprint density at radius 3 is 1.75 bits per heavy atom. The van der Waals surface area contributed by atoms with Gasteiger partial charge in [0, 0.05) is 0 Å². The molecule has 6 heteroatoms.